The van der Waals surface area contributed by atoms with Gasteiger partial charge in [0.05, 0.1) is 12.1 Å². The molecule has 0 fully saturated rings. The molecule has 0 aromatic heterocycles. The minimum atomic E-state index is -0.174. The van der Waals surface area contributed by atoms with Crippen molar-refractivity contribution in [1.29, 1.82) is 0 Å². The number of carbonyl (C=O) groups excluding carboxylic acids is 1. The van der Waals surface area contributed by atoms with Crippen LogP contribution in [0.3, 0.4) is 0 Å². The zero-order chi connectivity index (χ0) is 18.1. The monoisotopic (exact) mass is 340 g/mol. The van der Waals surface area contributed by atoms with Gasteiger partial charge in [0.1, 0.15) is 0 Å². The molecule has 2 N–H and O–H groups in total. The summed E-state index contributed by atoms with van der Waals surface area (Å²) in [6.45, 7) is 4.74. The standard InChI is InChI=1S/C21H28N2O2/c1-16(2)14-19(17-10-6-4-7-11-17)23-21(24)22-15-20(25-3)18-12-8-5-9-13-18/h4-13,16,19-20H,14-15H2,1-3H3,(H2,22,23,24)/t19-,20+/m0/s1. The lowest BCUT2D eigenvalue weighted by Gasteiger charge is -2.22. The molecule has 25 heavy (non-hydrogen) atoms. The zero-order valence-electron chi connectivity index (χ0n) is 15.2. The molecule has 0 saturated carbocycles. The van der Waals surface area contributed by atoms with Crippen molar-refractivity contribution in [1.82, 2.24) is 10.6 Å². The van der Waals surface area contributed by atoms with Gasteiger partial charge in [-0.05, 0) is 23.5 Å². The molecule has 0 aliphatic rings. The molecule has 2 aromatic carbocycles. The van der Waals surface area contributed by atoms with Crippen molar-refractivity contribution in [3.05, 3.63) is 71.8 Å². The van der Waals surface area contributed by atoms with E-state index in [4.69, 9.17) is 4.74 Å². The second-order valence-corrected chi connectivity index (χ2v) is 6.58. The van der Waals surface area contributed by atoms with Gasteiger partial charge >= 0.3 is 6.03 Å². The van der Waals surface area contributed by atoms with Crippen LogP contribution in [-0.2, 0) is 4.74 Å². The van der Waals surface area contributed by atoms with Crippen molar-refractivity contribution in [2.24, 2.45) is 5.92 Å². The molecule has 4 nitrogen and oxygen atoms in total. The van der Waals surface area contributed by atoms with E-state index in [1.165, 1.54) is 0 Å². The highest BCUT2D eigenvalue weighted by molar-refractivity contribution is 5.74. The second kappa shape index (κ2) is 9.84. The number of nitrogens with one attached hydrogen (secondary N) is 2. The molecule has 134 valence electrons. The maximum atomic E-state index is 12.4. The normalized spacial score (nSPS) is 13.3. The van der Waals surface area contributed by atoms with Crippen LogP contribution in [0.4, 0.5) is 4.79 Å². The predicted octanol–water partition coefficient (Wildman–Crippen LogP) is 4.46. The Kier molecular flexibility index (Phi) is 7.48. The van der Waals surface area contributed by atoms with E-state index in [0.717, 1.165) is 17.5 Å². The summed E-state index contributed by atoms with van der Waals surface area (Å²) >= 11 is 0. The van der Waals surface area contributed by atoms with Crippen LogP contribution < -0.4 is 10.6 Å². The number of methoxy groups -OCH3 is 1. The van der Waals surface area contributed by atoms with Gasteiger partial charge in [-0.1, -0.05) is 74.5 Å². The van der Waals surface area contributed by atoms with Crippen molar-refractivity contribution in [2.75, 3.05) is 13.7 Å². The van der Waals surface area contributed by atoms with Gasteiger partial charge in [-0.25, -0.2) is 4.79 Å². The zero-order valence-corrected chi connectivity index (χ0v) is 15.2. The average Bonchev–Trinajstić information content (AvgIpc) is 2.63. The van der Waals surface area contributed by atoms with Crippen molar-refractivity contribution in [2.45, 2.75) is 32.4 Å². The van der Waals surface area contributed by atoms with Gasteiger partial charge in [-0.2, -0.15) is 0 Å². The summed E-state index contributed by atoms with van der Waals surface area (Å²) in [4.78, 5) is 12.4. The van der Waals surface area contributed by atoms with Gasteiger partial charge in [-0.15, -0.1) is 0 Å². The van der Waals surface area contributed by atoms with Crippen molar-refractivity contribution >= 4 is 6.03 Å². The lowest BCUT2D eigenvalue weighted by molar-refractivity contribution is 0.104. The Morgan fingerprint density at radius 3 is 2.04 bits per heavy atom. The molecule has 4 heteroatoms. The number of ether oxygens (including phenoxy) is 1. The number of hydrogen-bond acceptors (Lipinski definition) is 2. The number of urea groups is 1. The van der Waals surface area contributed by atoms with E-state index in [1.807, 2.05) is 48.5 Å². The molecule has 2 atom stereocenters. The van der Waals surface area contributed by atoms with Crippen molar-refractivity contribution < 1.29 is 9.53 Å². The minimum absolute atomic E-state index is 0.001000. The molecule has 0 aliphatic heterocycles. The summed E-state index contributed by atoms with van der Waals surface area (Å²) in [6.07, 6.45) is 0.733. The van der Waals surface area contributed by atoms with Gasteiger partial charge in [-0.3, -0.25) is 0 Å². The molecule has 0 spiro atoms. The quantitative estimate of drug-likeness (QED) is 0.745. The van der Waals surface area contributed by atoms with Crippen molar-refractivity contribution in [3.8, 4) is 0 Å². The SMILES string of the molecule is CO[C@H](CNC(=O)N[C@@H](CC(C)C)c1ccccc1)c1ccccc1. The van der Waals surface area contributed by atoms with Crippen LogP contribution in [0.1, 0.15) is 43.5 Å². The molecule has 0 bridgehead atoms. The number of amides is 2. The Labute approximate surface area is 150 Å². The first-order valence-electron chi connectivity index (χ1n) is 8.77. The Bertz CT molecular complexity index is 629. The topological polar surface area (TPSA) is 50.4 Å². The van der Waals surface area contributed by atoms with E-state index < -0.39 is 0 Å². The smallest absolute Gasteiger partial charge is 0.315 e. The lowest BCUT2D eigenvalue weighted by Crippen LogP contribution is -2.40. The van der Waals surface area contributed by atoms with E-state index >= 15 is 0 Å². The molecule has 0 aliphatic carbocycles. The van der Waals surface area contributed by atoms with E-state index in [9.17, 15) is 4.79 Å². The minimum Gasteiger partial charge on any atom is -0.375 e. The third kappa shape index (κ3) is 6.24. The van der Waals surface area contributed by atoms with E-state index in [-0.39, 0.29) is 18.2 Å². The van der Waals surface area contributed by atoms with Crippen LogP contribution in [0.25, 0.3) is 0 Å². The summed E-state index contributed by atoms with van der Waals surface area (Å²) in [5, 5.41) is 6.02. The maximum absolute atomic E-state index is 12.4. The Morgan fingerprint density at radius 1 is 0.960 bits per heavy atom. The Morgan fingerprint density at radius 2 is 1.52 bits per heavy atom. The summed E-state index contributed by atoms with van der Waals surface area (Å²) in [5.74, 6) is 0.488. The Hall–Kier alpha value is -2.33. The van der Waals surface area contributed by atoms with Crippen LogP contribution in [0.15, 0.2) is 60.7 Å². The first kappa shape index (κ1) is 19.0. The number of benzene rings is 2. The summed E-state index contributed by atoms with van der Waals surface area (Å²) in [7, 11) is 1.66. The molecule has 0 unspecified atom stereocenters. The van der Waals surface area contributed by atoms with E-state index in [0.29, 0.717) is 12.5 Å². The third-order valence-corrected chi connectivity index (χ3v) is 4.12. The molecule has 2 aromatic rings. The van der Waals surface area contributed by atoms with Crippen LogP contribution in [0.5, 0.6) is 0 Å². The fourth-order valence-electron chi connectivity index (χ4n) is 2.83. The third-order valence-electron chi connectivity index (χ3n) is 4.12. The van der Waals surface area contributed by atoms with Crippen LogP contribution in [0.2, 0.25) is 0 Å². The molecule has 2 rings (SSSR count). The highest BCUT2D eigenvalue weighted by atomic mass is 16.5. The predicted molar refractivity (Wildman–Crippen MR) is 101 cm³/mol. The van der Waals surface area contributed by atoms with E-state index in [1.54, 1.807) is 7.11 Å². The summed E-state index contributed by atoms with van der Waals surface area (Å²) in [6, 6.07) is 19.8. The van der Waals surface area contributed by atoms with Gasteiger partial charge in [0, 0.05) is 13.7 Å². The second-order valence-electron chi connectivity index (χ2n) is 6.58. The summed E-state index contributed by atoms with van der Waals surface area (Å²) in [5.41, 5.74) is 2.17. The van der Waals surface area contributed by atoms with Gasteiger partial charge < -0.3 is 15.4 Å². The van der Waals surface area contributed by atoms with Gasteiger partial charge in [0.25, 0.3) is 0 Å². The summed E-state index contributed by atoms with van der Waals surface area (Å²) < 4.78 is 5.50. The molecule has 0 heterocycles. The first-order chi connectivity index (χ1) is 12.1. The molecule has 0 saturated heterocycles. The number of hydrogen-bond donors (Lipinski definition) is 2. The highest BCUT2D eigenvalue weighted by Gasteiger charge is 2.17. The van der Waals surface area contributed by atoms with Gasteiger partial charge in [0.2, 0.25) is 0 Å². The first-order valence-corrected chi connectivity index (χ1v) is 8.77. The van der Waals surface area contributed by atoms with Gasteiger partial charge in [0.15, 0.2) is 0 Å². The van der Waals surface area contributed by atoms with Crippen LogP contribution in [-0.4, -0.2) is 19.7 Å². The van der Waals surface area contributed by atoms with E-state index in [2.05, 4.69) is 36.6 Å². The number of carbonyl (C=O) groups is 1. The maximum Gasteiger partial charge on any atom is 0.315 e. The molecule has 0 radical (unpaired) electrons. The van der Waals surface area contributed by atoms with Crippen LogP contribution >= 0.6 is 0 Å². The Balaban J connectivity index is 1.94. The van der Waals surface area contributed by atoms with Crippen molar-refractivity contribution in [3.63, 3.8) is 0 Å². The molecular weight excluding hydrogens is 312 g/mol. The van der Waals surface area contributed by atoms with Crippen LogP contribution in [0, 0.1) is 5.92 Å². The number of rotatable bonds is 8. The largest absolute Gasteiger partial charge is 0.375 e. The average molecular weight is 340 g/mol. The lowest BCUT2D eigenvalue weighted by atomic mass is 9.97. The fraction of sp³-hybridized carbons (Fsp3) is 0.381. The molecule has 2 amide bonds. The fourth-order valence-corrected chi connectivity index (χ4v) is 2.83. The highest BCUT2D eigenvalue weighted by Crippen LogP contribution is 2.21. The molecular formula is C21H28N2O2.